The summed E-state index contributed by atoms with van der Waals surface area (Å²) < 4.78 is 26.6. The second kappa shape index (κ2) is 9.00. The van der Waals surface area contributed by atoms with E-state index in [4.69, 9.17) is 11.6 Å². The van der Waals surface area contributed by atoms with Crippen LogP contribution in [0.25, 0.3) is 0 Å². The number of alkyl halides is 2. The fourth-order valence-electron chi connectivity index (χ4n) is 2.27. The molecule has 2 rings (SSSR count). The van der Waals surface area contributed by atoms with Gasteiger partial charge in [0.25, 0.3) is 6.43 Å². The lowest BCUT2D eigenvalue weighted by Crippen LogP contribution is -2.46. The van der Waals surface area contributed by atoms with Gasteiger partial charge in [-0.2, -0.15) is 0 Å². The molecule has 0 spiro atoms. The highest BCUT2D eigenvalue weighted by Gasteiger charge is 2.30. The SMILES string of the molecule is Cc1ccc([C@H](C(F)F)N2CCNCC2)cc1Cl.Cl.Cl. The number of benzene rings is 1. The van der Waals surface area contributed by atoms with Gasteiger partial charge in [0.1, 0.15) is 0 Å². The molecular weight excluding hydrogens is 329 g/mol. The lowest BCUT2D eigenvalue weighted by molar-refractivity contribution is 0.0182. The smallest absolute Gasteiger partial charge is 0.258 e. The molecule has 1 N–H and O–H groups in total. The summed E-state index contributed by atoms with van der Waals surface area (Å²) in [6.07, 6.45) is -2.40. The molecule has 1 heterocycles. The van der Waals surface area contributed by atoms with Crippen molar-refractivity contribution in [3.63, 3.8) is 0 Å². The first-order valence-electron chi connectivity index (χ1n) is 6.08. The van der Waals surface area contributed by atoms with E-state index in [0.717, 1.165) is 18.7 Å². The van der Waals surface area contributed by atoms with Crippen molar-refractivity contribution in [1.82, 2.24) is 10.2 Å². The maximum atomic E-state index is 13.3. The minimum absolute atomic E-state index is 0. The quantitative estimate of drug-likeness (QED) is 0.897. The Balaban J connectivity index is 0.00000180. The van der Waals surface area contributed by atoms with Gasteiger partial charge in [0.15, 0.2) is 0 Å². The first-order valence-corrected chi connectivity index (χ1v) is 6.46. The maximum absolute atomic E-state index is 13.3. The highest BCUT2D eigenvalue weighted by Crippen LogP contribution is 2.30. The molecule has 20 heavy (non-hydrogen) atoms. The van der Waals surface area contributed by atoms with E-state index in [0.29, 0.717) is 23.7 Å². The van der Waals surface area contributed by atoms with Crippen LogP contribution in [0, 0.1) is 6.92 Å². The van der Waals surface area contributed by atoms with Crippen molar-refractivity contribution in [2.45, 2.75) is 19.4 Å². The Hall–Kier alpha value is -0.130. The van der Waals surface area contributed by atoms with E-state index in [1.165, 1.54) is 0 Å². The van der Waals surface area contributed by atoms with Crippen LogP contribution in [0.5, 0.6) is 0 Å². The summed E-state index contributed by atoms with van der Waals surface area (Å²) in [4.78, 5) is 1.82. The van der Waals surface area contributed by atoms with Crippen LogP contribution in [0.4, 0.5) is 8.78 Å². The fourth-order valence-corrected chi connectivity index (χ4v) is 2.46. The topological polar surface area (TPSA) is 15.3 Å². The number of aryl methyl sites for hydroxylation is 1. The number of rotatable bonds is 3. The molecule has 116 valence electrons. The van der Waals surface area contributed by atoms with Gasteiger partial charge in [0.05, 0.1) is 6.04 Å². The average Bonchev–Trinajstić information content (AvgIpc) is 2.35. The van der Waals surface area contributed by atoms with Crippen molar-refractivity contribution in [2.24, 2.45) is 0 Å². The molecule has 0 radical (unpaired) electrons. The molecule has 0 unspecified atom stereocenters. The van der Waals surface area contributed by atoms with E-state index in [2.05, 4.69) is 5.32 Å². The summed E-state index contributed by atoms with van der Waals surface area (Å²) in [7, 11) is 0. The van der Waals surface area contributed by atoms with Gasteiger partial charge in [0.2, 0.25) is 0 Å². The number of hydrogen-bond acceptors (Lipinski definition) is 2. The van der Waals surface area contributed by atoms with Crippen LogP contribution in [0.3, 0.4) is 0 Å². The first-order chi connectivity index (χ1) is 8.59. The zero-order valence-corrected chi connectivity index (χ0v) is 13.5. The number of nitrogens with one attached hydrogen (secondary N) is 1. The van der Waals surface area contributed by atoms with Crippen LogP contribution in [-0.2, 0) is 0 Å². The molecule has 2 nitrogen and oxygen atoms in total. The Bertz CT molecular complexity index is 413. The summed E-state index contributed by atoms with van der Waals surface area (Å²) in [5.41, 5.74) is 1.51. The first kappa shape index (κ1) is 19.9. The van der Waals surface area contributed by atoms with Gasteiger partial charge in [-0.3, -0.25) is 4.90 Å². The highest BCUT2D eigenvalue weighted by atomic mass is 35.5. The third-order valence-electron chi connectivity index (χ3n) is 3.32. The van der Waals surface area contributed by atoms with Gasteiger partial charge < -0.3 is 5.32 Å². The van der Waals surface area contributed by atoms with Crippen molar-refractivity contribution in [3.05, 3.63) is 34.3 Å². The Labute approximate surface area is 135 Å². The molecule has 1 aromatic carbocycles. The van der Waals surface area contributed by atoms with Gasteiger partial charge in [-0.15, -0.1) is 24.8 Å². The summed E-state index contributed by atoms with van der Waals surface area (Å²) in [6, 6.07) is 4.36. The van der Waals surface area contributed by atoms with Gasteiger partial charge in [-0.1, -0.05) is 23.7 Å². The van der Waals surface area contributed by atoms with Gasteiger partial charge in [-0.05, 0) is 24.1 Å². The molecule has 1 aliphatic rings. The van der Waals surface area contributed by atoms with Gasteiger partial charge >= 0.3 is 0 Å². The van der Waals surface area contributed by atoms with Crippen LogP contribution < -0.4 is 5.32 Å². The Morgan fingerprint density at radius 1 is 1.20 bits per heavy atom. The van der Waals surface area contributed by atoms with Crippen molar-refractivity contribution in [1.29, 1.82) is 0 Å². The minimum Gasteiger partial charge on any atom is -0.314 e. The molecule has 7 heteroatoms. The highest BCUT2D eigenvalue weighted by molar-refractivity contribution is 6.31. The molecule has 1 aromatic rings. The second-order valence-electron chi connectivity index (χ2n) is 4.57. The van der Waals surface area contributed by atoms with Crippen molar-refractivity contribution < 1.29 is 8.78 Å². The Kier molecular flexibility index (Phi) is 8.95. The van der Waals surface area contributed by atoms with Gasteiger partial charge in [0, 0.05) is 31.2 Å². The minimum atomic E-state index is -2.40. The van der Waals surface area contributed by atoms with E-state index in [1.807, 2.05) is 11.8 Å². The Morgan fingerprint density at radius 2 is 1.80 bits per heavy atom. The zero-order valence-electron chi connectivity index (χ0n) is 11.1. The number of nitrogens with zero attached hydrogens (tertiary/aromatic N) is 1. The molecule has 1 fully saturated rings. The monoisotopic (exact) mass is 346 g/mol. The third-order valence-corrected chi connectivity index (χ3v) is 3.73. The molecule has 0 bridgehead atoms. The van der Waals surface area contributed by atoms with Crippen LogP contribution in [-0.4, -0.2) is 37.5 Å². The molecule has 1 saturated heterocycles. The summed E-state index contributed by atoms with van der Waals surface area (Å²) in [5, 5.41) is 3.72. The predicted molar refractivity (Wildman–Crippen MR) is 83.9 cm³/mol. The number of halogens is 5. The largest absolute Gasteiger partial charge is 0.314 e. The average molecular weight is 348 g/mol. The Morgan fingerprint density at radius 3 is 2.30 bits per heavy atom. The maximum Gasteiger partial charge on any atom is 0.258 e. The zero-order chi connectivity index (χ0) is 13.1. The number of hydrogen-bond donors (Lipinski definition) is 1. The summed E-state index contributed by atoms with van der Waals surface area (Å²) >= 11 is 6.03. The molecule has 1 aliphatic heterocycles. The number of piperazine rings is 1. The fraction of sp³-hybridized carbons (Fsp3) is 0.538. The molecule has 1 atom stereocenters. The van der Waals surface area contributed by atoms with Crippen LogP contribution in [0.2, 0.25) is 5.02 Å². The third kappa shape index (κ3) is 4.71. The van der Waals surface area contributed by atoms with E-state index in [-0.39, 0.29) is 24.8 Å². The lowest BCUT2D eigenvalue weighted by atomic mass is 10.0. The molecule has 0 amide bonds. The standard InChI is InChI=1S/C13H17ClF2N2.2ClH/c1-9-2-3-10(8-11(9)14)12(13(15)16)18-6-4-17-5-7-18;;/h2-3,8,12-13,17H,4-7H2,1H3;2*1H/t12-;;/m1../s1. The molecular formula is C13H19Cl3F2N2. The summed E-state index contributed by atoms with van der Waals surface area (Å²) in [6.45, 7) is 4.65. The van der Waals surface area contributed by atoms with E-state index in [9.17, 15) is 8.78 Å². The second-order valence-corrected chi connectivity index (χ2v) is 4.98. The normalized spacial score (nSPS) is 17.2. The lowest BCUT2D eigenvalue weighted by Gasteiger charge is -2.34. The predicted octanol–water partition coefficient (Wildman–Crippen LogP) is 3.70. The van der Waals surface area contributed by atoms with Crippen molar-refractivity contribution >= 4 is 36.4 Å². The van der Waals surface area contributed by atoms with Crippen LogP contribution in [0.1, 0.15) is 17.2 Å². The van der Waals surface area contributed by atoms with E-state index in [1.54, 1.807) is 18.2 Å². The van der Waals surface area contributed by atoms with Crippen LogP contribution in [0.15, 0.2) is 18.2 Å². The van der Waals surface area contributed by atoms with E-state index >= 15 is 0 Å². The van der Waals surface area contributed by atoms with Crippen molar-refractivity contribution in [3.8, 4) is 0 Å². The molecule has 0 aromatic heterocycles. The van der Waals surface area contributed by atoms with Crippen molar-refractivity contribution in [2.75, 3.05) is 26.2 Å². The van der Waals surface area contributed by atoms with Crippen LogP contribution >= 0.6 is 36.4 Å². The van der Waals surface area contributed by atoms with E-state index < -0.39 is 12.5 Å². The summed E-state index contributed by atoms with van der Waals surface area (Å²) in [5.74, 6) is 0. The molecule has 0 saturated carbocycles. The van der Waals surface area contributed by atoms with Gasteiger partial charge in [-0.25, -0.2) is 8.78 Å². The molecule has 0 aliphatic carbocycles.